The lowest BCUT2D eigenvalue weighted by Gasteiger charge is -2.27. The minimum Gasteiger partial charge on any atom is -0.481 e. The van der Waals surface area contributed by atoms with Crippen LogP contribution < -0.4 is 0 Å². The monoisotopic (exact) mass is 263 g/mol. The Morgan fingerprint density at radius 3 is 2.84 bits per heavy atom. The van der Waals surface area contributed by atoms with Gasteiger partial charge in [-0.25, -0.2) is 0 Å². The van der Waals surface area contributed by atoms with Gasteiger partial charge in [0.1, 0.15) is 0 Å². The molecule has 0 amide bonds. The number of carboxylic acids is 1. The van der Waals surface area contributed by atoms with E-state index in [9.17, 15) is 4.79 Å². The van der Waals surface area contributed by atoms with Crippen LogP contribution in [0.2, 0.25) is 0 Å². The highest BCUT2D eigenvalue weighted by Crippen LogP contribution is 2.30. The molecule has 2 unspecified atom stereocenters. The van der Waals surface area contributed by atoms with E-state index < -0.39 is 5.97 Å². The maximum Gasteiger partial charge on any atom is 0.305 e. The smallest absolute Gasteiger partial charge is 0.305 e. The van der Waals surface area contributed by atoms with Gasteiger partial charge in [0.15, 0.2) is 0 Å². The van der Waals surface area contributed by atoms with Gasteiger partial charge in [0.2, 0.25) is 0 Å². The molecule has 2 atom stereocenters. The number of likely N-dealkylation sites (tertiary alicyclic amines) is 1. The van der Waals surface area contributed by atoms with Gasteiger partial charge in [0.05, 0.1) is 13.0 Å². The predicted octanol–water partition coefficient (Wildman–Crippen LogP) is 2.17. The maximum atomic E-state index is 11.1. The minimum absolute atomic E-state index is 0.0273. The van der Waals surface area contributed by atoms with Gasteiger partial charge in [-0.3, -0.25) is 9.69 Å². The average molecular weight is 263 g/mol. The van der Waals surface area contributed by atoms with E-state index >= 15 is 0 Å². The molecule has 1 aliphatic heterocycles. The highest BCUT2D eigenvalue weighted by atomic mass is 16.5. The molecule has 0 spiro atoms. The van der Waals surface area contributed by atoms with Gasteiger partial charge in [-0.2, -0.15) is 0 Å². The Morgan fingerprint density at radius 2 is 2.21 bits per heavy atom. The second kappa shape index (κ2) is 6.68. The molecule has 0 aromatic heterocycles. The predicted molar refractivity (Wildman–Crippen MR) is 73.0 cm³/mol. The van der Waals surface area contributed by atoms with Crippen LogP contribution in [0.5, 0.6) is 0 Å². The zero-order valence-corrected chi connectivity index (χ0v) is 11.3. The van der Waals surface area contributed by atoms with Crippen LogP contribution in [-0.4, -0.2) is 42.8 Å². The fourth-order valence-corrected chi connectivity index (χ4v) is 2.82. The molecule has 4 nitrogen and oxygen atoms in total. The van der Waals surface area contributed by atoms with Crippen molar-refractivity contribution in [2.24, 2.45) is 5.92 Å². The molecule has 4 heteroatoms. The maximum absolute atomic E-state index is 11.1. The van der Waals surface area contributed by atoms with E-state index in [1.165, 1.54) is 0 Å². The van der Waals surface area contributed by atoms with Crippen molar-refractivity contribution in [3.05, 3.63) is 35.9 Å². The van der Waals surface area contributed by atoms with Crippen molar-refractivity contribution in [2.45, 2.75) is 18.9 Å². The summed E-state index contributed by atoms with van der Waals surface area (Å²) < 4.78 is 5.20. The summed E-state index contributed by atoms with van der Waals surface area (Å²) in [5, 5.41) is 9.12. The average Bonchev–Trinajstić information content (AvgIpc) is 2.86. The lowest BCUT2D eigenvalue weighted by molar-refractivity contribution is -0.138. The first-order chi connectivity index (χ1) is 9.20. The Kier molecular flexibility index (Phi) is 4.93. The van der Waals surface area contributed by atoms with Crippen molar-refractivity contribution in [2.75, 3.05) is 26.8 Å². The van der Waals surface area contributed by atoms with E-state index in [0.29, 0.717) is 5.92 Å². The van der Waals surface area contributed by atoms with Gasteiger partial charge in [0.25, 0.3) is 0 Å². The molecule has 0 aliphatic carbocycles. The Hall–Kier alpha value is -1.39. The van der Waals surface area contributed by atoms with Crippen LogP contribution in [0, 0.1) is 5.92 Å². The Labute approximate surface area is 114 Å². The third-order valence-electron chi connectivity index (χ3n) is 3.71. The molecule has 1 fully saturated rings. The van der Waals surface area contributed by atoms with Crippen molar-refractivity contribution in [3.8, 4) is 0 Å². The van der Waals surface area contributed by atoms with Crippen LogP contribution in [0.15, 0.2) is 30.3 Å². The summed E-state index contributed by atoms with van der Waals surface area (Å²) in [6.45, 7) is 2.62. The molecule has 0 radical (unpaired) electrons. The summed E-state index contributed by atoms with van der Waals surface area (Å²) in [5.74, 6) is -0.228. The first-order valence-corrected chi connectivity index (χ1v) is 6.70. The highest BCUT2D eigenvalue weighted by molar-refractivity contribution is 5.68. The quantitative estimate of drug-likeness (QED) is 0.854. The number of nitrogens with zero attached hydrogens (tertiary/aromatic N) is 1. The van der Waals surface area contributed by atoms with Crippen molar-refractivity contribution in [1.82, 2.24) is 4.90 Å². The van der Waals surface area contributed by atoms with Crippen molar-refractivity contribution in [3.63, 3.8) is 0 Å². The van der Waals surface area contributed by atoms with Crippen molar-refractivity contribution < 1.29 is 14.6 Å². The molecule has 0 bridgehead atoms. The lowest BCUT2D eigenvalue weighted by atomic mass is 10.0. The molecule has 1 aromatic rings. The topological polar surface area (TPSA) is 49.8 Å². The number of hydrogen-bond donors (Lipinski definition) is 1. The molecule has 1 saturated heterocycles. The first-order valence-electron chi connectivity index (χ1n) is 6.70. The normalized spacial score (nSPS) is 21.4. The number of carbonyl (C=O) groups is 1. The summed E-state index contributed by atoms with van der Waals surface area (Å²) in [6.07, 6.45) is 1.24. The van der Waals surface area contributed by atoms with Crippen LogP contribution >= 0.6 is 0 Å². The third kappa shape index (κ3) is 3.78. The molecule has 1 N–H and O–H groups in total. The van der Waals surface area contributed by atoms with E-state index in [4.69, 9.17) is 9.84 Å². The molecular weight excluding hydrogens is 242 g/mol. The van der Waals surface area contributed by atoms with E-state index in [1.54, 1.807) is 7.11 Å². The van der Waals surface area contributed by atoms with Crippen molar-refractivity contribution >= 4 is 5.97 Å². The zero-order valence-electron chi connectivity index (χ0n) is 11.3. The Morgan fingerprint density at radius 1 is 1.47 bits per heavy atom. The second-order valence-electron chi connectivity index (χ2n) is 5.13. The zero-order chi connectivity index (χ0) is 13.7. The van der Waals surface area contributed by atoms with Gasteiger partial charge in [0, 0.05) is 19.7 Å². The van der Waals surface area contributed by atoms with Gasteiger partial charge < -0.3 is 9.84 Å². The molecular formula is C15H21NO3. The molecule has 1 heterocycles. The van der Waals surface area contributed by atoms with Gasteiger partial charge in [-0.15, -0.1) is 0 Å². The number of carboxylic acid groups (broad SMARTS) is 1. The largest absolute Gasteiger partial charge is 0.481 e. The summed E-state index contributed by atoms with van der Waals surface area (Å²) >= 11 is 0. The summed E-state index contributed by atoms with van der Waals surface area (Å²) in [5.41, 5.74) is 1.09. The van der Waals surface area contributed by atoms with Crippen LogP contribution in [0.4, 0.5) is 0 Å². The number of rotatable bonds is 6. The van der Waals surface area contributed by atoms with Crippen LogP contribution in [0.1, 0.15) is 24.4 Å². The van der Waals surface area contributed by atoms with Crippen molar-refractivity contribution in [1.29, 1.82) is 0 Å². The van der Waals surface area contributed by atoms with Crippen LogP contribution in [0.3, 0.4) is 0 Å². The standard InChI is InChI=1S/C15H21NO3/c1-19-11-12-7-8-16(10-12)14(9-15(17)18)13-5-3-2-4-6-13/h2-6,12,14H,7-11H2,1H3,(H,17,18). The lowest BCUT2D eigenvalue weighted by Crippen LogP contribution is -2.29. The van der Waals surface area contributed by atoms with E-state index in [1.807, 2.05) is 30.3 Å². The molecule has 1 aliphatic rings. The highest BCUT2D eigenvalue weighted by Gasteiger charge is 2.30. The minimum atomic E-state index is -0.746. The molecule has 1 aromatic carbocycles. The number of ether oxygens (including phenoxy) is 1. The Balaban J connectivity index is 2.09. The number of aliphatic carboxylic acids is 1. The summed E-state index contributed by atoms with van der Waals surface area (Å²) in [7, 11) is 1.72. The first kappa shape index (κ1) is 14.0. The molecule has 2 rings (SSSR count). The van der Waals surface area contributed by atoms with Crippen LogP contribution in [0.25, 0.3) is 0 Å². The molecule has 0 saturated carbocycles. The molecule has 104 valence electrons. The van der Waals surface area contributed by atoms with Gasteiger partial charge in [-0.1, -0.05) is 30.3 Å². The van der Waals surface area contributed by atoms with E-state index in [-0.39, 0.29) is 12.5 Å². The van der Waals surface area contributed by atoms with E-state index in [2.05, 4.69) is 4.90 Å². The third-order valence-corrected chi connectivity index (χ3v) is 3.71. The van der Waals surface area contributed by atoms with Crippen LogP contribution in [-0.2, 0) is 9.53 Å². The summed E-state index contributed by atoms with van der Waals surface area (Å²) in [4.78, 5) is 13.4. The fourth-order valence-electron chi connectivity index (χ4n) is 2.82. The number of hydrogen-bond acceptors (Lipinski definition) is 3. The van der Waals surface area contributed by atoms with Gasteiger partial charge >= 0.3 is 5.97 Å². The SMILES string of the molecule is COCC1CCN(C(CC(=O)O)c2ccccc2)C1. The summed E-state index contributed by atoms with van der Waals surface area (Å²) in [6, 6.07) is 9.88. The molecule has 19 heavy (non-hydrogen) atoms. The Bertz CT molecular complexity index is 407. The second-order valence-corrected chi connectivity index (χ2v) is 5.13. The number of benzene rings is 1. The number of methoxy groups -OCH3 is 1. The fraction of sp³-hybridized carbons (Fsp3) is 0.533. The van der Waals surface area contributed by atoms with E-state index in [0.717, 1.165) is 31.7 Å². The van der Waals surface area contributed by atoms with Gasteiger partial charge in [-0.05, 0) is 24.4 Å².